The number of benzene rings is 1. The first-order valence-corrected chi connectivity index (χ1v) is 6.65. The predicted octanol–water partition coefficient (Wildman–Crippen LogP) is 1.40. The van der Waals surface area contributed by atoms with Crippen LogP contribution in [-0.4, -0.2) is 27.7 Å². The van der Waals surface area contributed by atoms with E-state index in [4.69, 9.17) is 10.00 Å². The molecule has 20 heavy (non-hydrogen) atoms. The molecule has 0 radical (unpaired) electrons. The van der Waals surface area contributed by atoms with Gasteiger partial charge in [-0.25, -0.2) is 0 Å². The SMILES string of the molecule is N#CCOc1ccccc1NS(=O)(=O)NCC(F)(F)F. The predicted molar refractivity (Wildman–Crippen MR) is 64.2 cm³/mol. The summed E-state index contributed by atoms with van der Waals surface area (Å²) in [5, 5.41) is 8.37. The molecule has 0 bridgehead atoms. The monoisotopic (exact) mass is 309 g/mol. The lowest BCUT2D eigenvalue weighted by molar-refractivity contribution is -0.121. The van der Waals surface area contributed by atoms with Gasteiger partial charge in [-0.15, -0.1) is 0 Å². The van der Waals surface area contributed by atoms with E-state index < -0.39 is 22.9 Å². The molecule has 0 heterocycles. The number of nitriles is 1. The van der Waals surface area contributed by atoms with Gasteiger partial charge in [-0.05, 0) is 12.1 Å². The van der Waals surface area contributed by atoms with E-state index in [9.17, 15) is 21.6 Å². The van der Waals surface area contributed by atoms with E-state index in [1.54, 1.807) is 6.07 Å². The second-order valence-electron chi connectivity index (χ2n) is 3.48. The summed E-state index contributed by atoms with van der Waals surface area (Å²) < 4.78 is 66.9. The molecule has 0 aliphatic rings. The second-order valence-corrected chi connectivity index (χ2v) is 4.98. The van der Waals surface area contributed by atoms with E-state index in [2.05, 4.69) is 0 Å². The van der Waals surface area contributed by atoms with E-state index in [-0.39, 0.29) is 18.0 Å². The van der Waals surface area contributed by atoms with Crippen LogP contribution in [-0.2, 0) is 10.2 Å². The number of nitrogens with one attached hydrogen (secondary N) is 2. The fraction of sp³-hybridized carbons (Fsp3) is 0.300. The van der Waals surface area contributed by atoms with Gasteiger partial charge in [0.25, 0.3) is 10.2 Å². The zero-order valence-electron chi connectivity index (χ0n) is 9.94. The van der Waals surface area contributed by atoms with Gasteiger partial charge in [0.05, 0.1) is 5.69 Å². The maximum absolute atomic E-state index is 12.0. The molecule has 6 nitrogen and oxygen atoms in total. The van der Waals surface area contributed by atoms with Crippen molar-refractivity contribution in [3.05, 3.63) is 24.3 Å². The minimum atomic E-state index is -4.66. The molecular weight excluding hydrogens is 299 g/mol. The third-order valence-electron chi connectivity index (χ3n) is 1.89. The van der Waals surface area contributed by atoms with E-state index in [0.717, 1.165) is 0 Å². The highest BCUT2D eigenvalue weighted by Gasteiger charge is 2.29. The lowest BCUT2D eigenvalue weighted by atomic mass is 10.3. The first kappa shape index (κ1) is 16.1. The molecule has 0 spiro atoms. The molecule has 1 aromatic carbocycles. The summed E-state index contributed by atoms with van der Waals surface area (Å²) in [4.78, 5) is 0. The van der Waals surface area contributed by atoms with Crippen LogP contribution in [0, 0.1) is 11.3 Å². The van der Waals surface area contributed by atoms with Crippen LogP contribution < -0.4 is 14.2 Å². The molecule has 0 aliphatic heterocycles. The number of halogens is 3. The summed E-state index contributed by atoms with van der Waals surface area (Å²) in [6.45, 7) is -2.02. The Morgan fingerprint density at radius 3 is 2.55 bits per heavy atom. The number of nitrogens with zero attached hydrogens (tertiary/aromatic N) is 1. The quantitative estimate of drug-likeness (QED) is 0.831. The molecule has 0 aromatic heterocycles. The second kappa shape index (κ2) is 6.44. The van der Waals surface area contributed by atoms with Gasteiger partial charge in [0.2, 0.25) is 0 Å². The summed E-state index contributed by atoms with van der Waals surface area (Å²) in [7, 11) is -4.40. The van der Waals surface area contributed by atoms with Crippen LogP contribution in [0.3, 0.4) is 0 Å². The highest BCUT2D eigenvalue weighted by atomic mass is 32.2. The summed E-state index contributed by atoms with van der Waals surface area (Å²) in [6.07, 6.45) is -4.66. The van der Waals surface area contributed by atoms with E-state index >= 15 is 0 Å². The standard InChI is InChI=1S/C10H10F3N3O3S/c11-10(12,13)7-15-20(17,18)16-8-3-1-2-4-9(8)19-6-5-14/h1-4,15-16H,6-7H2. The fourth-order valence-corrected chi connectivity index (χ4v) is 2.03. The summed E-state index contributed by atoms with van der Waals surface area (Å²) >= 11 is 0. The van der Waals surface area contributed by atoms with Crippen molar-refractivity contribution in [1.29, 1.82) is 5.26 Å². The van der Waals surface area contributed by atoms with Crippen LogP contribution in [0.5, 0.6) is 5.75 Å². The number of anilines is 1. The Labute approximate surface area is 113 Å². The van der Waals surface area contributed by atoms with Crippen molar-refractivity contribution in [3.63, 3.8) is 0 Å². The first-order chi connectivity index (χ1) is 9.23. The van der Waals surface area contributed by atoms with Crippen LogP contribution in [0.25, 0.3) is 0 Å². The van der Waals surface area contributed by atoms with Crippen LogP contribution in [0.1, 0.15) is 0 Å². The maximum Gasteiger partial charge on any atom is 0.402 e. The molecule has 0 atom stereocenters. The molecule has 0 saturated carbocycles. The van der Waals surface area contributed by atoms with Crippen molar-refractivity contribution < 1.29 is 26.3 Å². The summed E-state index contributed by atoms with van der Waals surface area (Å²) in [5.74, 6) is 0.0337. The third kappa shape index (κ3) is 5.77. The van der Waals surface area contributed by atoms with Gasteiger partial charge in [0, 0.05) is 0 Å². The average molecular weight is 309 g/mol. The number of alkyl halides is 3. The van der Waals surface area contributed by atoms with Gasteiger partial charge in [-0.2, -0.15) is 31.6 Å². The van der Waals surface area contributed by atoms with Gasteiger partial charge < -0.3 is 4.74 Å². The molecule has 1 rings (SSSR count). The Hall–Kier alpha value is -1.99. The van der Waals surface area contributed by atoms with Gasteiger partial charge in [-0.3, -0.25) is 4.72 Å². The van der Waals surface area contributed by atoms with Crippen molar-refractivity contribution in [2.24, 2.45) is 0 Å². The van der Waals surface area contributed by atoms with Crippen molar-refractivity contribution >= 4 is 15.9 Å². The minimum Gasteiger partial charge on any atom is -0.477 e. The van der Waals surface area contributed by atoms with E-state index in [1.165, 1.54) is 29.0 Å². The minimum absolute atomic E-state index is 0.0337. The molecule has 110 valence electrons. The molecule has 1 aromatic rings. The molecule has 0 unspecified atom stereocenters. The van der Waals surface area contributed by atoms with Crippen molar-refractivity contribution in [1.82, 2.24) is 4.72 Å². The number of hydrogen-bond donors (Lipinski definition) is 2. The Kier molecular flexibility index (Phi) is 5.18. The van der Waals surface area contributed by atoms with Gasteiger partial charge >= 0.3 is 6.18 Å². The Morgan fingerprint density at radius 2 is 1.95 bits per heavy atom. The highest BCUT2D eigenvalue weighted by molar-refractivity contribution is 7.90. The molecule has 0 fully saturated rings. The summed E-state index contributed by atoms with van der Waals surface area (Å²) in [6, 6.07) is 7.33. The highest BCUT2D eigenvalue weighted by Crippen LogP contribution is 2.24. The topological polar surface area (TPSA) is 91.2 Å². The molecule has 2 N–H and O–H groups in total. The number of hydrogen-bond acceptors (Lipinski definition) is 4. The van der Waals surface area contributed by atoms with Crippen LogP contribution in [0.4, 0.5) is 18.9 Å². The van der Waals surface area contributed by atoms with E-state index in [1.807, 2.05) is 4.72 Å². The van der Waals surface area contributed by atoms with Crippen molar-refractivity contribution in [3.8, 4) is 11.8 Å². The smallest absolute Gasteiger partial charge is 0.402 e. The lowest BCUT2D eigenvalue weighted by Gasteiger charge is -2.13. The zero-order valence-corrected chi connectivity index (χ0v) is 10.8. The average Bonchev–Trinajstić information content (AvgIpc) is 2.34. The van der Waals surface area contributed by atoms with Crippen molar-refractivity contribution in [2.45, 2.75) is 6.18 Å². The largest absolute Gasteiger partial charge is 0.477 e. The number of rotatable bonds is 6. The van der Waals surface area contributed by atoms with Gasteiger partial charge in [0.15, 0.2) is 6.61 Å². The first-order valence-electron chi connectivity index (χ1n) is 5.16. The molecule has 0 aliphatic carbocycles. The van der Waals surface area contributed by atoms with Crippen LogP contribution >= 0.6 is 0 Å². The normalized spacial score (nSPS) is 11.7. The Bertz CT molecular complexity index is 596. The number of para-hydroxylation sites is 2. The Balaban J connectivity index is 2.79. The molecular formula is C10H10F3N3O3S. The zero-order chi connectivity index (χ0) is 15.2. The maximum atomic E-state index is 12.0. The Morgan fingerprint density at radius 1 is 1.30 bits per heavy atom. The fourth-order valence-electron chi connectivity index (χ4n) is 1.14. The van der Waals surface area contributed by atoms with Crippen molar-refractivity contribution in [2.75, 3.05) is 17.9 Å². The van der Waals surface area contributed by atoms with Crippen LogP contribution in [0.15, 0.2) is 24.3 Å². The number of ether oxygens (including phenoxy) is 1. The molecule has 0 saturated heterocycles. The van der Waals surface area contributed by atoms with Gasteiger partial charge in [0.1, 0.15) is 18.4 Å². The van der Waals surface area contributed by atoms with E-state index in [0.29, 0.717) is 0 Å². The summed E-state index contributed by atoms with van der Waals surface area (Å²) in [5.41, 5.74) is -0.0718. The molecule has 0 amide bonds. The third-order valence-corrected chi connectivity index (χ3v) is 2.90. The lowest BCUT2D eigenvalue weighted by Crippen LogP contribution is -2.37. The van der Waals surface area contributed by atoms with Gasteiger partial charge in [-0.1, -0.05) is 12.1 Å². The van der Waals surface area contributed by atoms with Crippen LogP contribution in [0.2, 0.25) is 0 Å². The molecule has 10 heteroatoms.